The van der Waals surface area contributed by atoms with Gasteiger partial charge in [0.05, 0.1) is 13.2 Å². The highest BCUT2D eigenvalue weighted by atomic mass is 35.5. The van der Waals surface area contributed by atoms with Crippen molar-refractivity contribution in [1.29, 1.82) is 0 Å². The van der Waals surface area contributed by atoms with E-state index in [-0.39, 0.29) is 32.2 Å². The third-order valence-electron chi connectivity index (χ3n) is 4.98. The first-order chi connectivity index (χ1) is 13.4. The molecule has 28 heavy (non-hydrogen) atoms. The zero-order valence-corrected chi connectivity index (χ0v) is 17.2. The van der Waals surface area contributed by atoms with Crippen molar-refractivity contribution in [3.8, 4) is 0 Å². The van der Waals surface area contributed by atoms with Gasteiger partial charge >= 0.3 is 0 Å². The van der Waals surface area contributed by atoms with Crippen LogP contribution in [-0.2, 0) is 23.3 Å². The van der Waals surface area contributed by atoms with Gasteiger partial charge in [0.1, 0.15) is 0 Å². The van der Waals surface area contributed by atoms with Crippen molar-refractivity contribution in [2.75, 3.05) is 13.2 Å². The summed E-state index contributed by atoms with van der Waals surface area (Å²) in [5.41, 5.74) is 3.40. The number of aliphatic hydroxyl groups excluding tert-OH is 1. The molecule has 2 aromatic carbocycles. The van der Waals surface area contributed by atoms with Crippen LogP contribution in [0.2, 0.25) is 10.0 Å². The minimum atomic E-state index is -3.73. The van der Waals surface area contributed by atoms with Gasteiger partial charge in [0.25, 0.3) is 10.2 Å². The lowest BCUT2D eigenvalue weighted by molar-refractivity contribution is 0.229. The maximum Gasteiger partial charge on any atom is 0.280 e. The average Bonchev–Trinajstić information content (AvgIpc) is 3.04. The van der Waals surface area contributed by atoms with Crippen LogP contribution in [0.5, 0.6) is 0 Å². The van der Waals surface area contributed by atoms with E-state index in [2.05, 4.69) is 9.71 Å². The van der Waals surface area contributed by atoms with E-state index < -0.39 is 10.2 Å². The van der Waals surface area contributed by atoms with Gasteiger partial charge in [-0.05, 0) is 41.5 Å². The third-order valence-corrected chi connectivity index (χ3v) is 6.94. The van der Waals surface area contributed by atoms with E-state index in [1.54, 1.807) is 30.3 Å². The summed E-state index contributed by atoms with van der Waals surface area (Å²) in [4.78, 5) is 3.27. The fraction of sp³-hybridized carbons (Fsp3) is 0.263. The van der Waals surface area contributed by atoms with Gasteiger partial charge in [-0.15, -0.1) is 0 Å². The summed E-state index contributed by atoms with van der Waals surface area (Å²) in [5.74, 6) is -0.330. The van der Waals surface area contributed by atoms with Crippen LogP contribution in [-0.4, -0.2) is 36.0 Å². The van der Waals surface area contributed by atoms with Crippen molar-refractivity contribution in [1.82, 2.24) is 14.0 Å². The van der Waals surface area contributed by atoms with E-state index in [0.29, 0.717) is 10.0 Å². The van der Waals surface area contributed by atoms with E-state index in [1.165, 1.54) is 4.31 Å². The van der Waals surface area contributed by atoms with Crippen LogP contribution in [0.1, 0.15) is 22.7 Å². The minimum absolute atomic E-state index is 0.157. The van der Waals surface area contributed by atoms with Gasteiger partial charge in [-0.1, -0.05) is 35.3 Å². The Morgan fingerprint density at radius 1 is 1.14 bits per heavy atom. The number of aliphatic hydroxyl groups is 1. The van der Waals surface area contributed by atoms with Crippen molar-refractivity contribution in [3.63, 3.8) is 0 Å². The van der Waals surface area contributed by atoms with E-state index >= 15 is 0 Å². The molecule has 1 atom stereocenters. The summed E-state index contributed by atoms with van der Waals surface area (Å²) in [6, 6.07) is 12.5. The van der Waals surface area contributed by atoms with Crippen molar-refractivity contribution in [2.24, 2.45) is 0 Å². The van der Waals surface area contributed by atoms with Gasteiger partial charge < -0.3 is 10.1 Å². The minimum Gasteiger partial charge on any atom is -0.396 e. The summed E-state index contributed by atoms with van der Waals surface area (Å²) in [7, 11) is -3.73. The molecule has 6 nitrogen and oxygen atoms in total. The molecule has 3 N–H and O–H groups in total. The molecule has 0 spiro atoms. The fourth-order valence-electron chi connectivity index (χ4n) is 3.61. The third kappa shape index (κ3) is 3.78. The second kappa shape index (κ2) is 7.67. The first-order valence-electron chi connectivity index (χ1n) is 8.77. The second-order valence-electron chi connectivity index (χ2n) is 6.83. The molecule has 1 aromatic heterocycles. The smallest absolute Gasteiger partial charge is 0.280 e. The van der Waals surface area contributed by atoms with Crippen molar-refractivity contribution in [3.05, 3.63) is 69.3 Å². The molecule has 0 saturated carbocycles. The number of aromatic amines is 1. The number of aromatic nitrogens is 1. The van der Waals surface area contributed by atoms with Gasteiger partial charge in [0.15, 0.2) is 0 Å². The first-order valence-corrected chi connectivity index (χ1v) is 11.0. The molecule has 1 aliphatic heterocycles. The summed E-state index contributed by atoms with van der Waals surface area (Å²) in [5, 5.41) is 12.0. The molecular formula is C19H19Cl2N3O3S. The number of fused-ring (bicyclic) bond motifs is 3. The lowest BCUT2D eigenvalue weighted by Gasteiger charge is -2.31. The number of nitrogens with one attached hydrogen (secondary N) is 2. The number of rotatable bonds is 5. The number of benzene rings is 2. The number of hydrogen-bond acceptors (Lipinski definition) is 3. The standard InChI is InChI=1S/C19H19Cl2N3O3S/c20-14-3-1-12(2-4-14)8-22-28(26,27)24-9-13(11-25)19-16-7-15(21)5-6-17(16)23-18(19)10-24/h1-7,13,22-23,25H,8-11H2. The van der Waals surface area contributed by atoms with Crippen LogP contribution in [0.15, 0.2) is 42.5 Å². The summed E-state index contributed by atoms with van der Waals surface area (Å²) in [6.07, 6.45) is 0. The molecule has 0 radical (unpaired) electrons. The number of halogens is 2. The molecule has 0 aliphatic carbocycles. The Morgan fingerprint density at radius 3 is 2.57 bits per heavy atom. The van der Waals surface area contributed by atoms with Crippen molar-refractivity contribution in [2.45, 2.75) is 19.0 Å². The predicted molar refractivity (Wildman–Crippen MR) is 111 cm³/mol. The molecular weight excluding hydrogens is 421 g/mol. The lowest BCUT2D eigenvalue weighted by atomic mass is 9.94. The van der Waals surface area contributed by atoms with Gasteiger partial charge in [-0.2, -0.15) is 17.4 Å². The molecule has 1 unspecified atom stereocenters. The highest BCUT2D eigenvalue weighted by Gasteiger charge is 2.34. The molecule has 4 rings (SSSR count). The number of nitrogens with zero attached hydrogens (tertiary/aromatic N) is 1. The molecule has 0 bridgehead atoms. The molecule has 0 fully saturated rings. The van der Waals surface area contributed by atoms with Gasteiger partial charge in [-0.25, -0.2) is 0 Å². The van der Waals surface area contributed by atoms with E-state index in [4.69, 9.17) is 23.2 Å². The summed E-state index contributed by atoms with van der Waals surface area (Å²) < 4.78 is 29.6. The monoisotopic (exact) mass is 439 g/mol. The quantitative estimate of drug-likeness (QED) is 0.569. The van der Waals surface area contributed by atoms with E-state index in [0.717, 1.165) is 27.7 Å². The number of hydrogen-bond donors (Lipinski definition) is 3. The average molecular weight is 440 g/mol. The molecule has 2 heterocycles. The van der Waals surface area contributed by atoms with Gasteiger partial charge in [-0.3, -0.25) is 0 Å². The number of H-pyrrole nitrogens is 1. The Bertz CT molecular complexity index is 1110. The molecule has 0 amide bonds. The molecule has 9 heteroatoms. The first kappa shape index (κ1) is 19.7. The Kier molecular flexibility index (Phi) is 5.39. The Morgan fingerprint density at radius 2 is 1.86 bits per heavy atom. The van der Waals surface area contributed by atoms with Crippen LogP contribution in [0.4, 0.5) is 0 Å². The van der Waals surface area contributed by atoms with E-state index in [1.807, 2.05) is 12.1 Å². The van der Waals surface area contributed by atoms with Gasteiger partial charge in [0, 0.05) is 45.6 Å². The van der Waals surface area contributed by atoms with Crippen LogP contribution < -0.4 is 4.72 Å². The van der Waals surface area contributed by atoms with Crippen LogP contribution in [0.25, 0.3) is 10.9 Å². The zero-order chi connectivity index (χ0) is 19.9. The lowest BCUT2D eigenvalue weighted by Crippen LogP contribution is -2.45. The van der Waals surface area contributed by atoms with Crippen molar-refractivity contribution >= 4 is 44.3 Å². The normalized spacial score (nSPS) is 17.8. The van der Waals surface area contributed by atoms with Crippen LogP contribution in [0.3, 0.4) is 0 Å². The SMILES string of the molecule is O=S(=O)(NCc1ccc(Cl)cc1)N1Cc2[nH]c3ccc(Cl)cc3c2C(CO)C1. The molecule has 148 valence electrons. The van der Waals surface area contributed by atoms with Crippen LogP contribution >= 0.6 is 23.2 Å². The van der Waals surface area contributed by atoms with E-state index in [9.17, 15) is 13.5 Å². The second-order valence-corrected chi connectivity index (χ2v) is 9.46. The molecule has 0 saturated heterocycles. The fourth-order valence-corrected chi connectivity index (χ4v) is 5.11. The molecule has 3 aromatic rings. The molecule has 1 aliphatic rings. The Labute approximate surface area is 173 Å². The maximum absolute atomic E-state index is 12.8. The maximum atomic E-state index is 12.8. The Hall–Kier alpha value is -1.61. The topological polar surface area (TPSA) is 85.4 Å². The van der Waals surface area contributed by atoms with Crippen LogP contribution in [0, 0.1) is 0 Å². The Balaban J connectivity index is 1.59. The van der Waals surface area contributed by atoms with Crippen molar-refractivity contribution < 1.29 is 13.5 Å². The highest BCUT2D eigenvalue weighted by molar-refractivity contribution is 7.87. The zero-order valence-electron chi connectivity index (χ0n) is 14.8. The largest absolute Gasteiger partial charge is 0.396 e. The summed E-state index contributed by atoms with van der Waals surface area (Å²) >= 11 is 12.0. The predicted octanol–water partition coefficient (Wildman–Crippen LogP) is 3.40. The van der Waals surface area contributed by atoms with Gasteiger partial charge in [0.2, 0.25) is 0 Å². The summed E-state index contributed by atoms with van der Waals surface area (Å²) in [6.45, 7) is 0.400. The highest BCUT2D eigenvalue weighted by Crippen LogP contribution is 2.36.